The van der Waals surface area contributed by atoms with Gasteiger partial charge in [0, 0.05) is 29.1 Å². The van der Waals surface area contributed by atoms with Crippen molar-refractivity contribution in [1.82, 2.24) is 5.32 Å². The van der Waals surface area contributed by atoms with Crippen LogP contribution in [0.15, 0.2) is 22.7 Å². The van der Waals surface area contributed by atoms with E-state index in [1.54, 1.807) is 7.11 Å². The van der Waals surface area contributed by atoms with Crippen molar-refractivity contribution < 1.29 is 4.74 Å². The quantitative estimate of drug-likeness (QED) is 0.857. The molecule has 1 aromatic carbocycles. The molecule has 1 saturated heterocycles. The fourth-order valence-corrected chi connectivity index (χ4v) is 3.56. The number of rotatable bonds is 5. The molecule has 4 heteroatoms. The van der Waals surface area contributed by atoms with Crippen LogP contribution in [0.3, 0.4) is 0 Å². The average molecular weight is 355 g/mol. The van der Waals surface area contributed by atoms with Gasteiger partial charge >= 0.3 is 0 Å². The van der Waals surface area contributed by atoms with Crippen LogP contribution in [0.2, 0.25) is 0 Å². The Labute approximate surface area is 137 Å². The van der Waals surface area contributed by atoms with Crippen LogP contribution < -0.4 is 15.0 Å². The average Bonchev–Trinajstić information content (AvgIpc) is 2.54. The third-order valence-corrected chi connectivity index (χ3v) is 5.39. The number of ether oxygens (including phenoxy) is 1. The summed E-state index contributed by atoms with van der Waals surface area (Å²) in [6.07, 6.45) is 3.42. The summed E-state index contributed by atoms with van der Waals surface area (Å²) < 4.78 is 6.70. The first kappa shape index (κ1) is 16.6. The lowest BCUT2D eigenvalue weighted by Crippen LogP contribution is -2.64. The molecule has 2 rings (SSSR count). The van der Waals surface area contributed by atoms with Crippen molar-refractivity contribution >= 4 is 21.6 Å². The van der Waals surface area contributed by atoms with Crippen LogP contribution >= 0.6 is 15.9 Å². The first-order chi connectivity index (χ1) is 10.1. The molecule has 1 aliphatic heterocycles. The van der Waals surface area contributed by atoms with E-state index in [0.29, 0.717) is 6.04 Å². The normalized spacial score (nSPS) is 21.4. The lowest BCUT2D eigenvalue weighted by atomic mass is 9.87. The number of halogens is 1. The van der Waals surface area contributed by atoms with Crippen LogP contribution in [-0.4, -0.2) is 31.8 Å². The molecule has 0 bridgehead atoms. The van der Waals surface area contributed by atoms with Gasteiger partial charge in [-0.15, -0.1) is 0 Å². The minimum atomic E-state index is 0.207. The van der Waals surface area contributed by atoms with E-state index >= 15 is 0 Å². The van der Waals surface area contributed by atoms with E-state index < -0.39 is 0 Å². The Morgan fingerprint density at radius 3 is 2.62 bits per heavy atom. The maximum Gasteiger partial charge on any atom is 0.142 e. The summed E-state index contributed by atoms with van der Waals surface area (Å²) in [6, 6.07) is 6.79. The first-order valence-electron chi connectivity index (χ1n) is 7.94. The maximum atomic E-state index is 5.60. The van der Waals surface area contributed by atoms with Crippen molar-refractivity contribution in [3.05, 3.63) is 22.7 Å². The number of hydrogen-bond donors (Lipinski definition) is 1. The molecule has 1 N–H and O–H groups in total. The summed E-state index contributed by atoms with van der Waals surface area (Å²) in [4.78, 5) is 2.53. The van der Waals surface area contributed by atoms with Gasteiger partial charge in [0.2, 0.25) is 0 Å². The fourth-order valence-electron chi connectivity index (χ4n) is 3.21. The van der Waals surface area contributed by atoms with Gasteiger partial charge < -0.3 is 15.0 Å². The molecule has 0 saturated carbocycles. The maximum absolute atomic E-state index is 5.60. The molecular formula is C17H27BrN2O. The molecular weight excluding hydrogens is 328 g/mol. The third-order valence-electron chi connectivity index (χ3n) is 4.90. The van der Waals surface area contributed by atoms with Gasteiger partial charge in [-0.1, -0.05) is 36.7 Å². The van der Waals surface area contributed by atoms with Crippen LogP contribution in [0.4, 0.5) is 5.69 Å². The molecule has 21 heavy (non-hydrogen) atoms. The number of anilines is 1. The van der Waals surface area contributed by atoms with E-state index in [2.05, 4.69) is 53.0 Å². The molecule has 0 amide bonds. The van der Waals surface area contributed by atoms with Gasteiger partial charge in [-0.3, -0.25) is 0 Å². The number of methoxy groups -OCH3 is 1. The number of nitrogens with one attached hydrogen (secondary N) is 1. The fraction of sp³-hybridized carbons (Fsp3) is 0.647. The summed E-state index contributed by atoms with van der Waals surface area (Å²) in [7, 11) is 1.75. The van der Waals surface area contributed by atoms with Crippen LogP contribution in [0.25, 0.3) is 0 Å². The van der Waals surface area contributed by atoms with E-state index in [0.717, 1.165) is 42.6 Å². The van der Waals surface area contributed by atoms with Crippen LogP contribution in [0.5, 0.6) is 5.75 Å². The van der Waals surface area contributed by atoms with Gasteiger partial charge in [-0.2, -0.15) is 0 Å². The minimum absolute atomic E-state index is 0.207. The van der Waals surface area contributed by atoms with Gasteiger partial charge in [0.25, 0.3) is 0 Å². The number of nitrogens with zero attached hydrogens (tertiary/aromatic N) is 1. The highest BCUT2D eigenvalue weighted by Crippen LogP contribution is 2.36. The third kappa shape index (κ3) is 3.37. The van der Waals surface area contributed by atoms with Crippen molar-refractivity contribution in [2.45, 2.75) is 51.6 Å². The molecule has 3 nitrogen and oxygen atoms in total. The van der Waals surface area contributed by atoms with Crippen molar-refractivity contribution in [3.8, 4) is 5.75 Å². The van der Waals surface area contributed by atoms with E-state index in [1.165, 1.54) is 5.69 Å². The highest BCUT2D eigenvalue weighted by atomic mass is 79.9. The van der Waals surface area contributed by atoms with Gasteiger partial charge in [0.1, 0.15) is 5.75 Å². The molecule has 1 unspecified atom stereocenters. The van der Waals surface area contributed by atoms with Crippen molar-refractivity contribution in [1.29, 1.82) is 0 Å². The molecule has 0 spiro atoms. The minimum Gasteiger partial charge on any atom is -0.495 e. The van der Waals surface area contributed by atoms with Crippen molar-refractivity contribution in [3.63, 3.8) is 0 Å². The molecule has 0 aliphatic carbocycles. The second-order valence-corrected chi connectivity index (χ2v) is 6.79. The topological polar surface area (TPSA) is 24.5 Å². The molecule has 118 valence electrons. The monoisotopic (exact) mass is 354 g/mol. The smallest absolute Gasteiger partial charge is 0.142 e. The molecule has 1 heterocycles. The predicted molar refractivity (Wildman–Crippen MR) is 93.4 cm³/mol. The second-order valence-electron chi connectivity index (χ2n) is 5.87. The summed E-state index contributed by atoms with van der Waals surface area (Å²) in [5.74, 6) is 0.958. The van der Waals surface area contributed by atoms with E-state index in [1.807, 2.05) is 12.1 Å². The van der Waals surface area contributed by atoms with E-state index in [9.17, 15) is 0 Å². The Kier molecular flexibility index (Phi) is 5.55. The van der Waals surface area contributed by atoms with Crippen molar-refractivity contribution in [2.75, 3.05) is 25.1 Å². The lowest BCUT2D eigenvalue weighted by molar-refractivity contribution is 0.245. The number of hydrogen-bond acceptors (Lipinski definition) is 3. The molecule has 1 fully saturated rings. The summed E-state index contributed by atoms with van der Waals surface area (Å²) >= 11 is 3.60. The van der Waals surface area contributed by atoms with Crippen LogP contribution in [-0.2, 0) is 0 Å². The van der Waals surface area contributed by atoms with Crippen LogP contribution in [0, 0.1) is 0 Å². The van der Waals surface area contributed by atoms with Gasteiger partial charge in [-0.05, 0) is 37.5 Å². The van der Waals surface area contributed by atoms with E-state index in [-0.39, 0.29) is 5.54 Å². The Morgan fingerprint density at radius 1 is 1.33 bits per heavy atom. The number of benzene rings is 1. The van der Waals surface area contributed by atoms with E-state index in [4.69, 9.17) is 4.74 Å². The Balaban J connectivity index is 2.39. The molecule has 1 atom stereocenters. The summed E-state index contributed by atoms with van der Waals surface area (Å²) in [5.41, 5.74) is 1.41. The zero-order chi connectivity index (χ0) is 15.5. The molecule has 1 aromatic rings. The number of piperazine rings is 1. The van der Waals surface area contributed by atoms with Crippen LogP contribution in [0.1, 0.15) is 40.0 Å². The molecule has 1 aliphatic rings. The second kappa shape index (κ2) is 7.01. The van der Waals surface area contributed by atoms with Gasteiger partial charge in [0.15, 0.2) is 0 Å². The Hall–Kier alpha value is -0.740. The largest absolute Gasteiger partial charge is 0.495 e. The Bertz CT molecular complexity index is 474. The Morgan fingerprint density at radius 2 is 2.05 bits per heavy atom. The highest BCUT2D eigenvalue weighted by molar-refractivity contribution is 9.10. The molecule has 0 aromatic heterocycles. The first-order valence-corrected chi connectivity index (χ1v) is 8.73. The summed E-state index contributed by atoms with van der Waals surface area (Å²) in [6.45, 7) is 8.88. The predicted octanol–water partition coefficient (Wildman–Crippen LogP) is 4.20. The molecule has 0 radical (unpaired) electrons. The van der Waals surface area contributed by atoms with Gasteiger partial charge in [0.05, 0.1) is 12.8 Å². The zero-order valence-electron chi connectivity index (χ0n) is 13.6. The summed E-state index contributed by atoms with van der Waals surface area (Å²) in [5, 5.41) is 3.79. The highest BCUT2D eigenvalue weighted by Gasteiger charge is 2.37. The lowest BCUT2D eigenvalue weighted by Gasteiger charge is -2.48. The SMILES string of the molecule is CCC1CNC(CC)(CC)CN1c1cc(Br)ccc1OC. The van der Waals surface area contributed by atoms with Gasteiger partial charge in [-0.25, -0.2) is 0 Å². The van der Waals surface area contributed by atoms with Crippen molar-refractivity contribution in [2.24, 2.45) is 0 Å². The standard InChI is InChI=1S/C17H27BrN2O/c1-5-14-11-19-17(6-2,7-3)12-20(14)15-10-13(18)8-9-16(15)21-4/h8-10,14,19H,5-7,11-12H2,1-4H3. The zero-order valence-corrected chi connectivity index (χ0v) is 15.2.